The monoisotopic (exact) mass is 315 g/mol. The van der Waals surface area contributed by atoms with E-state index in [0.717, 1.165) is 0 Å². The second-order valence-electron chi connectivity index (χ2n) is 5.26. The van der Waals surface area contributed by atoms with Gasteiger partial charge < -0.3 is 19.9 Å². The Morgan fingerprint density at radius 2 is 1.87 bits per heavy atom. The number of carboxylic acid groups (broad SMARTS) is 1. The van der Waals surface area contributed by atoms with Crippen molar-refractivity contribution in [2.75, 3.05) is 0 Å². The molecule has 3 aromatic rings. The number of para-hydroxylation sites is 1. The number of aromatic nitrogens is 1. The maximum Gasteiger partial charge on any atom is 0.308 e. The lowest BCUT2D eigenvalue weighted by Gasteiger charge is -2.08. The van der Waals surface area contributed by atoms with Crippen molar-refractivity contribution in [2.45, 2.75) is 13.0 Å². The Morgan fingerprint density at radius 1 is 1.13 bits per heavy atom. The Morgan fingerprint density at radius 3 is 2.57 bits per heavy atom. The van der Waals surface area contributed by atoms with E-state index in [1.807, 2.05) is 0 Å². The molecule has 0 saturated carbocycles. The number of hydrogen-bond acceptors (Lipinski definition) is 3. The zero-order valence-corrected chi connectivity index (χ0v) is 12.0. The van der Waals surface area contributed by atoms with Gasteiger partial charge in [-0.25, -0.2) is 0 Å². The van der Waals surface area contributed by atoms with E-state index in [1.165, 1.54) is 28.8 Å². The van der Waals surface area contributed by atoms with Crippen molar-refractivity contribution in [2.24, 2.45) is 0 Å². The van der Waals surface area contributed by atoms with Gasteiger partial charge in [0.15, 0.2) is 5.95 Å². The maximum atomic E-state index is 14.7. The second-order valence-corrected chi connectivity index (χ2v) is 5.26. The predicted octanol–water partition coefficient (Wildman–Crippen LogP) is 2.87. The van der Waals surface area contributed by atoms with Crippen LogP contribution in [0.3, 0.4) is 0 Å². The van der Waals surface area contributed by atoms with Crippen LogP contribution in [0.15, 0.2) is 42.5 Å². The molecule has 5 nitrogen and oxygen atoms in total. The molecule has 0 radical (unpaired) electrons. The van der Waals surface area contributed by atoms with E-state index >= 15 is 0 Å². The molecule has 0 atom stereocenters. The van der Waals surface area contributed by atoms with Crippen molar-refractivity contribution >= 4 is 16.9 Å². The fraction of sp³-hybridized carbons (Fsp3) is 0.118. The summed E-state index contributed by atoms with van der Waals surface area (Å²) in [5.41, 5.74) is 0.929. The van der Waals surface area contributed by atoms with E-state index < -0.39 is 18.3 Å². The molecule has 0 amide bonds. The average Bonchev–Trinajstić information content (AvgIpc) is 2.74. The second kappa shape index (κ2) is 5.64. The Kier molecular flexibility index (Phi) is 3.65. The van der Waals surface area contributed by atoms with Crippen LogP contribution in [0.2, 0.25) is 0 Å². The van der Waals surface area contributed by atoms with Crippen LogP contribution in [0.1, 0.15) is 11.1 Å². The molecule has 1 heterocycles. The Labute approximate surface area is 130 Å². The highest BCUT2D eigenvalue weighted by Gasteiger charge is 2.20. The van der Waals surface area contributed by atoms with Crippen LogP contribution in [0.5, 0.6) is 11.5 Å². The molecule has 0 spiro atoms. The summed E-state index contributed by atoms with van der Waals surface area (Å²) < 4.78 is 16.0. The fourth-order valence-corrected chi connectivity index (χ4v) is 2.67. The van der Waals surface area contributed by atoms with E-state index in [9.17, 15) is 19.4 Å². The van der Waals surface area contributed by atoms with E-state index in [-0.39, 0.29) is 23.6 Å². The van der Waals surface area contributed by atoms with Crippen LogP contribution in [-0.2, 0) is 17.8 Å². The minimum absolute atomic E-state index is 0.0219. The molecule has 0 bridgehead atoms. The molecule has 0 saturated heterocycles. The first-order valence-electron chi connectivity index (χ1n) is 6.95. The third-order valence-corrected chi connectivity index (χ3v) is 3.73. The van der Waals surface area contributed by atoms with Crippen LogP contribution in [0.4, 0.5) is 4.39 Å². The van der Waals surface area contributed by atoms with Gasteiger partial charge in [0.2, 0.25) is 0 Å². The lowest BCUT2D eigenvalue weighted by Crippen LogP contribution is -2.06. The average molecular weight is 315 g/mol. The highest BCUT2D eigenvalue weighted by molar-refractivity contribution is 5.89. The number of nitrogens with zero attached hydrogens (tertiary/aromatic N) is 1. The van der Waals surface area contributed by atoms with Crippen molar-refractivity contribution < 1.29 is 24.5 Å². The van der Waals surface area contributed by atoms with E-state index in [1.54, 1.807) is 18.2 Å². The number of carboxylic acids is 1. The summed E-state index contributed by atoms with van der Waals surface area (Å²) in [6.45, 7) is 0.0259. The van der Waals surface area contributed by atoms with Gasteiger partial charge in [0.1, 0.15) is 11.5 Å². The number of aromatic hydroxyl groups is 2. The number of fused-ring (bicyclic) bond motifs is 1. The first-order valence-corrected chi connectivity index (χ1v) is 6.95. The quantitative estimate of drug-likeness (QED) is 0.691. The minimum Gasteiger partial charge on any atom is -0.508 e. The largest absolute Gasteiger partial charge is 0.508 e. The summed E-state index contributed by atoms with van der Waals surface area (Å²) in [5, 5.41) is 28.9. The summed E-state index contributed by atoms with van der Waals surface area (Å²) in [5.74, 6) is -1.85. The smallest absolute Gasteiger partial charge is 0.308 e. The molecule has 6 heteroatoms. The Bertz CT molecular complexity index is 901. The van der Waals surface area contributed by atoms with Crippen molar-refractivity contribution in [1.82, 2.24) is 4.57 Å². The van der Waals surface area contributed by atoms with Gasteiger partial charge in [-0.1, -0.05) is 18.2 Å². The van der Waals surface area contributed by atoms with Crippen molar-refractivity contribution in [3.8, 4) is 11.5 Å². The van der Waals surface area contributed by atoms with Crippen LogP contribution in [0.25, 0.3) is 10.9 Å². The van der Waals surface area contributed by atoms with Crippen LogP contribution < -0.4 is 0 Å². The minimum atomic E-state index is -1.14. The van der Waals surface area contributed by atoms with Gasteiger partial charge in [-0.2, -0.15) is 4.39 Å². The molecule has 0 aliphatic heterocycles. The maximum absolute atomic E-state index is 14.7. The summed E-state index contributed by atoms with van der Waals surface area (Å²) in [7, 11) is 0. The van der Waals surface area contributed by atoms with Gasteiger partial charge in [-0.3, -0.25) is 4.79 Å². The normalized spacial score (nSPS) is 11.0. The first-order chi connectivity index (χ1) is 11.0. The topological polar surface area (TPSA) is 82.7 Å². The molecule has 0 aliphatic rings. The SMILES string of the molecule is O=C(O)Cc1c(F)n(Cc2ccccc2O)c2cc(O)ccc12. The molecule has 118 valence electrons. The number of phenols is 2. The van der Waals surface area contributed by atoms with E-state index in [0.29, 0.717) is 16.5 Å². The van der Waals surface area contributed by atoms with Gasteiger partial charge in [0.05, 0.1) is 18.5 Å². The van der Waals surface area contributed by atoms with Gasteiger partial charge in [0.25, 0.3) is 0 Å². The molecule has 1 aromatic heterocycles. The zero-order chi connectivity index (χ0) is 16.6. The van der Waals surface area contributed by atoms with E-state index in [4.69, 9.17) is 5.11 Å². The molecule has 0 aliphatic carbocycles. The number of phenolic OH excluding ortho intramolecular Hbond substituents is 2. The number of benzene rings is 2. The summed E-state index contributed by atoms with van der Waals surface area (Å²) in [6, 6.07) is 10.8. The molecule has 2 aromatic carbocycles. The Balaban J connectivity index is 2.19. The van der Waals surface area contributed by atoms with Gasteiger partial charge in [-0.05, 0) is 18.2 Å². The number of rotatable bonds is 4. The fourth-order valence-electron chi connectivity index (χ4n) is 2.67. The molecule has 0 fully saturated rings. The standard InChI is InChI=1S/C17H14FNO4/c18-17-13(8-16(22)23)12-6-5-11(20)7-14(12)19(17)9-10-3-1-2-4-15(10)21/h1-7,20-21H,8-9H2,(H,22,23). The third-order valence-electron chi connectivity index (χ3n) is 3.73. The molecular formula is C17H14FNO4. The molecular weight excluding hydrogens is 301 g/mol. The van der Waals surface area contributed by atoms with Crippen LogP contribution in [-0.4, -0.2) is 25.9 Å². The highest BCUT2D eigenvalue weighted by atomic mass is 19.1. The summed E-state index contributed by atoms with van der Waals surface area (Å²) >= 11 is 0. The van der Waals surface area contributed by atoms with Crippen molar-refractivity contribution in [3.63, 3.8) is 0 Å². The number of hydrogen-bond donors (Lipinski definition) is 3. The number of aliphatic carboxylic acids is 1. The van der Waals surface area contributed by atoms with Crippen LogP contribution in [0, 0.1) is 5.95 Å². The molecule has 3 rings (SSSR count). The first kappa shape index (κ1) is 14.9. The van der Waals surface area contributed by atoms with Gasteiger partial charge in [0, 0.05) is 22.6 Å². The lowest BCUT2D eigenvalue weighted by atomic mass is 10.1. The summed E-state index contributed by atoms with van der Waals surface area (Å²) in [4.78, 5) is 11.0. The molecule has 3 N–H and O–H groups in total. The number of carbonyl (C=O) groups is 1. The third kappa shape index (κ3) is 2.70. The van der Waals surface area contributed by atoms with Crippen LogP contribution >= 0.6 is 0 Å². The molecule has 0 unspecified atom stereocenters. The van der Waals surface area contributed by atoms with Crippen molar-refractivity contribution in [1.29, 1.82) is 0 Å². The van der Waals surface area contributed by atoms with E-state index in [2.05, 4.69) is 0 Å². The Hall–Kier alpha value is -3.02. The zero-order valence-electron chi connectivity index (χ0n) is 12.0. The lowest BCUT2D eigenvalue weighted by molar-refractivity contribution is -0.136. The predicted molar refractivity (Wildman–Crippen MR) is 82.1 cm³/mol. The van der Waals surface area contributed by atoms with Gasteiger partial charge >= 0.3 is 5.97 Å². The van der Waals surface area contributed by atoms with Gasteiger partial charge in [-0.15, -0.1) is 0 Å². The van der Waals surface area contributed by atoms with Crippen molar-refractivity contribution in [3.05, 3.63) is 59.5 Å². The summed E-state index contributed by atoms with van der Waals surface area (Å²) in [6.07, 6.45) is -0.457. The number of halogens is 1. The highest BCUT2D eigenvalue weighted by Crippen LogP contribution is 2.30. The molecule has 23 heavy (non-hydrogen) atoms.